The van der Waals surface area contributed by atoms with Gasteiger partial charge < -0.3 is 14.7 Å². The van der Waals surface area contributed by atoms with Crippen molar-refractivity contribution in [3.63, 3.8) is 0 Å². The van der Waals surface area contributed by atoms with Gasteiger partial charge in [0.15, 0.2) is 0 Å². The Morgan fingerprint density at radius 2 is 1.67 bits per heavy atom. The molecule has 0 spiro atoms. The molecule has 1 N–H and O–H groups in total. The van der Waals surface area contributed by atoms with Gasteiger partial charge in [0.05, 0.1) is 11.5 Å². The Hall–Kier alpha value is -1.37. The molecule has 1 atom stereocenters. The predicted octanol–water partition coefficient (Wildman–Crippen LogP) is 3.93. The van der Waals surface area contributed by atoms with Gasteiger partial charge >= 0.3 is 0 Å². The molecule has 0 aromatic heterocycles. The summed E-state index contributed by atoms with van der Waals surface area (Å²) in [7, 11) is -0.124. The standard InChI is InChI=1S/C21H25ClN2O2S/c22-17-6-7-19-21(16-17)27(20-5-2-1-4-18(20)26-19)15-3-8-23-9-11-24(12-10-23)13-14-25/h1-2,4-7,15-16,25H,3,8-14H2. The van der Waals surface area contributed by atoms with E-state index in [-0.39, 0.29) is 17.1 Å². The van der Waals surface area contributed by atoms with Crippen LogP contribution in [0.25, 0.3) is 0 Å². The first-order valence-electron chi connectivity index (χ1n) is 9.43. The number of halogens is 1. The molecule has 2 aromatic rings. The first-order chi connectivity index (χ1) is 13.2. The summed E-state index contributed by atoms with van der Waals surface area (Å²) in [5, 5.41) is 12.3. The van der Waals surface area contributed by atoms with Gasteiger partial charge in [-0.1, -0.05) is 29.1 Å². The van der Waals surface area contributed by atoms with Crippen molar-refractivity contribution in [2.75, 3.05) is 45.9 Å². The highest BCUT2D eigenvalue weighted by atomic mass is 35.5. The zero-order valence-electron chi connectivity index (χ0n) is 15.3. The van der Waals surface area contributed by atoms with E-state index in [9.17, 15) is 0 Å². The highest BCUT2D eigenvalue weighted by Crippen LogP contribution is 2.51. The fourth-order valence-corrected chi connectivity index (χ4v) is 5.91. The molecule has 2 aliphatic rings. The van der Waals surface area contributed by atoms with Crippen LogP contribution in [0.1, 0.15) is 6.42 Å². The second kappa shape index (κ2) is 8.76. The van der Waals surface area contributed by atoms with Crippen molar-refractivity contribution < 1.29 is 9.84 Å². The van der Waals surface area contributed by atoms with Gasteiger partial charge in [-0.25, -0.2) is 0 Å². The number of hydrogen-bond donors (Lipinski definition) is 1. The minimum absolute atomic E-state index is 0.124. The van der Waals surface area contributed by atoms with Gasteiger partial charge in [-0.05, 0) is 36.8 Å². The molecule has 0 aliphatic carbocycles. The molecule has 1 fully saturated rings. The number of hydrogen-bond acceptors (Lipinski definition) is 4. The molecule has 144 valence electrons. The third kappa shape index (κ3) is 4.39. The number of aliphatic hydroxyl groups is 1. The van der Waals surface area contributed by atoms with E-state index in [1.807, 2.05) is 30.3 Å². The number of ether oxygens (including phenoxy) is 1. The zero-order chi connectivity index (χ0) is 18.6. The maximum Gasteiger partial charge on any atom is 0.140 e. The molecular weight excluding hydrogens is 380 g/mol. The van der Waals surface area contributed by atoms with E-state index in [1.165, 1.54) is 9.79 Å². The Morgan fingerprint density at radius 3 is 2.44 bits per heavy atom. The minimum Gasteiger partial charge on any atom is -0.455 e. The van der Waals surface area contributed by atoms with Gasteiger partial charge in [-0.15, -0.1) is 10.5 Å². The lowest BCUT2D eigenvalue weighted by Crippen LogP contribution is -2.47. The molecule has 6 heteroatoms. The number of nitrogens with zero attached hydrogens (tertiary/aromatic N) is 2. The first-order valence-corrected chi connectivity index (χ1v) is 11.1. The van der Waals surface area contributed by atoms with E-state index in [4.69, 9.17) is 21.4 Å². The predicted molar refractivity (Wildman–Crippen MR) is 113 cm³/mol. The van der Waals surface area contributed by atoms with Gasteiger partial charge in [0.25, 0.3) is 0 Å². The van der Waals surface area contributed by atoms with Gasteiger partial charge in [0, 0.05) is 49.2 Å². The summed E-state index contributed by atoms with van der Waals surface area (Å²) in [5.74, 6) is 1.86. The lowest BCUT2D eigenvalue weighted by molar-refractivity contribution is 0.115. The number of fused-ring (bicyclic) bond motifs is 2. The fraction of sp³-hybridized carbons (Fsp3) is 0.381. The second-order valence-corrected chi connectivity index (χ2v) is 9.16. The lowest BCUT2D eigenvalue weighted by atomic mass is 10.3. The largest absolute Gasteiger partial charge is 0.455 e. The van der Waals surface area contributed by atoms with Crippen molar-refractivity contribution in [2.24, 2.45) is 0 Å². The topological polar surface area (TPSA) is 35.9 Å². The van der Waals surface area contributed by atoms with E-state index in [0.29, 0.717) is 0 Å². The second-order valence-electron chi connectivity index (χ2n) is 6.84. The highest BCUT2D eigenvalue weighted by Gasteiger charge is 2.21. The number of β-amino-alcohol motifs (C(OH)–C–C–N with tert-alkyl or cyclic N) is 1. The normalized spacial score (nSPS) is 20.1. The highest BCUT2D eigenvalue weighted by molar-refractivity contribution is 8.15. The van der Waals surface area contributed by atoms with Crippen LogP contribution >= 0.6 is 22.1 Å². The summed E-state index contributed by atoms with van der Waals surface area (Å²) in [5.41, 5.74) is 0. The molecule has 0 amide bonds. The maximum atomic E-state index is 9.07. The Bertz CT molecular complexity index is 835. The maximum absolute atomic E-state index is 9.07. The molecule has 2 aromatic carbocycles. The van der Waals surface area contributed by atoms with Crippen molar-refractivity contribution in [1.82, 2.24) is 9.80 Å². The summed E-state index contributed by atoms with van der Waals surface area (Å²) in [4.78, 5) is 7.25. The average Bonchev–Trinajstić information content (AvgIpc) is 2.69. The van der Waals surface area contributed by atoms with Crippen LogP contribution in [0.4, 0.5) is 0 Å². The van der Waals surface area contributed by atoms with Crippen molar-refractivity contribution in [2.45, 2.75) is 16.2 Å². The van der Waals surface area contributed by atoms with E-state index in [2.05, 4.69) is 27.3 Å². The Labute approximate surface area is 168 Å². The molecule has 0 bridgehead atoms. The molecule has 27 heavy (non-hydrogen) atoms. The third-order valence-electron chi connectivity index (χ3n) is 5.06. The molecule has 0 saturated carbocycles. The smallest absolute Gasteiger partial charge is 0.140 e. The van der Waals surface area contributed by atoms with E-state index in [0.717, 1.165) is 62.2 Å². The Balaban J connectivity index is 1.49. The first kappa shape index (κ1) is 19.0. The van der Waals surface area contributed by atoms with E-state index >= 15 is 0 Å². The molecule has 2 aliphatic heterocycles. The van der Waals surface area contributed by atoms with Crippen LogP contribution in [-0.2, 0) is 0 Å². The van der Waals surface area contributed by atoms with Gasteiger partial charge in [0.2, 0.25) is 0 Å². The van der Waals surface area contributed by atoms with Crippen LogP contribution in [0.2, 0.25) is 5.02 Å². The van der Waals surface area contributed by atoms with Crippen LogP contribution in [0.3, 0.4) is 0 Å². The number of para-hydroxylation sites is 1. The van der Waals surface area contributed by atoms with Crippen LogP contribution < -0.4 is 4.74 Å². The Morgan fingerprint density at radius 1 is 0.963 bits per heavy atom. The third-order valence-corrected chi connectivity index (χ3v) is 7.47. The van der Waals surface area contributed by atoms with Crippen LogP contribution in [-0.4, -0.2) is 66.1 Å². The quantitative estimate of drug-likeness (QED) is 0.653. The Kier molecular flexibility index (Phi) is 6.15. The molecule has 2 heterocycles. The summed E-state index contributed by atoms with van der Waals surface area (Å²) >= 11 is 6.27. The van der Waals surface area contributed by atoms with Gasteiger partial charge in [-0.2, -0.15) is 0 Å². The van der Waals surface area contributed by atoms with Gasteiger partial charge in [-0.3, -0.25) is 4.90 Å². The number of rotatable bonds is 5. The summed E-state index contributed by atoms with van der Waals surface area (Å²) < 4.78 is 6.09. The van der Waals surface area contributed by atoms with Crippen molar-refractivity contribution >= 4 is 27.5 Å². The molecular formula is C21H25ClN2O2S. The van der Waals surface area contributed by atoms with Crippen LogP contribution in [0.5, 0.6) is 11.5 Å². The van der Waals surface area contributed by atoms with Crippen molar-refractivity contribution in [1.29, 1.82) is 0 Å². The summed E-state index contributed by atoms with van der Waals surface area (Å²) in [6.45, 7) is 6.34. The number of aliphatic hydroxyl groups excluding tert-OH is 1. The number of benzene rings is 2. The van der Waals surface area contributed by atoms with Gasteiger partial charge in [0.1, 0.15) is 11.5 Å². The van der Waals surface area contributed by atoms with Crippen molar-refractivity contribution in [3.05, 3.63) is 47.5 Å². The van der Waals surface area contributed by atoms with E-state index in [1.54, 1.807) is 0 Å². The SMILES string of the molecule is OCCN1CCN(CCC=S2c3ccccc3Oc3ccc(Cl)cc32)CC1. The number of piperazine rings is 1. The zero-order valence-corrected chi connectivity index (χ0v) is 16.9. The molecule has 0 radical (unpaired) electrons. The van der Waals surface area contributed by atoms with Crippen LogP contribution in [0, 0.1) is 0 Å². The molecule has 4 rings (SSSR count). The fourth-order valence-electron chi connectivity index (χ4n) is 3.60. The average molecular weight is 405 g/mol. The molecule has 4 nitrogen and oxygen atoms in total. The molecule has 1 saturated heterocycles. The van der Waals surface area contributed by atoms with E-state index < -0.39 is 0 Å². The minimum atomic E-state index is -0.124. The summed E-state index contributed by atoms with van der Waals surface area (Å²) in [6.07, 6.45) is 1.03. The molecule has 1 unspecified atom stereocenters. The van der Waals surface area contributed by atoms with Crippen molar-refractivity contribution in [3.8, 4) is 11.5 Å². The van der Waals surface area contributed by atoms with Crippen LogP contribution in [0.15, 0.2) is 52.3 Å². The lowest BCUT2D eigenvalue weighted by Gasteiger charge is -2.34. The summed E-state index contributed by atoms with van der Waals surface area (Å²) in [6, 6.07) is 14.2. The monoisotopic (exact) mass is 404 g/mol.